The molecule has 0 N–H and O–H groups in total. The highest BCUT2D eigenvalue weighted by molar-refractivity contribution is 5.69. The Balaban J connectivity index is 1.97. The van der Waals surface area contributed by atoms with Crippen molar-refractivity contribution in [3.8, 4) is 0 Å². The zero-order chi connectivity index (χ0) is 13.7. The largest absolute Gasteiger partial charge is 0.445 e. The fraction of sp³-hybridized carbons (Fsp3) is 0.533. The van der Waals surface area contributed by atoms with Crippen molar-refractivity contribution in [2.45, 2.75) is 45.6 Å². The van der Waals surface area contributed by atoms with Gasteiger partial charge in [-0.3, -0.25) is 4.90 Å². The molecule has 2 rings (SSSR count). The molecular weight excluding hydrogens is 242 g/mol. The zero-order valence-electron chi connectivity index (χ0n) is 11.5. The van der Waals surface area contributed by atoms with Gasteiger partial charge in [-0.05, 0) is 18.9 Å². The van der Waals surface area contributed by atoms with Crippen molar-refractivity contribution in [1.82, 2.24) is 4.90 Å². The summed E-state index contributed by atoms with van der Waals surface area (Å²) < 4.78 is 11.0. The Hall–Kier alpha value is -1.55. The van der Waals surface area contributed by atoms with Gasteiger partial charge in [0.1, 0.15) is 6.61 Å². The fourth-order valence-electron chi connectivity index (χ4n) is 2.23. The maximum absolute atomic E-state index is 11.8. The minimum absolute atomic E-state index is 0.141. The van der Waals surface area contributed by atoms with E-state index in [-0.39, 0.29) is 18.4 Å². The van der Waals surface area contributed by atoms with Crippen LogP contribution < -0.4 is 0 Å². The molecule has 0 spiro atoms. The van der Waals surface area contributed by atoms with Gasteiger partial charge in [0.2, 0.25) is 0 Å². The van der Waals surface area contributed by atoms with E-state index >= 15 is 0 Å². The predicted molar refractivity (Wildman–Crippen MR) is 72.6 cm³/mol. The molecule has 19 heavy (non-hydrogen) atoms. The van der Waals surface area contributed by atoms with Crippen molar-refractivity contribution in [3.05, 3.63) is 35.9 Å². The summed E-state index contributed by atoms with van der Waals surface area (Å²) in [4.78, 5) is 13.4. The number of benzene rings is 1. The van der Waals surface area contributed by atoms with Gasteiger partial charge in [-0.25, -0.2) is 4.79 Å². The lowest BCUT2D eigenvalue weighted by Gasteiger charge is -2.24. The molecule has 1 heterocycles. The summed E-state index contributed by atoms with van der Waals surface area (Å²) in [6.07, 6.45) is 1.64. The van der Waals surface area contributed by atoms with E-state index in [1.807, 2.05) is 37.3 Å². The minimum atomic E-state index is -0.294. The Morgan fingerprint density at radius 1 is 1.42 bits per heavy atom. The van der Waals surface area contributed by atoms with Crippen LogP contribution in [0.2, 0.25) is 0 Å². The number of rotatable bonds is 6. The maximum Gasteiger partial charge on any atom is 0.412 e. The van der Waals surface area contributed by atoms with Crippen LogP contribution >= 0.6 is 0 Å². The Morgan fingerprint density at radius 3 is 2.84 bits per heavy atom. The molecular formula is C15H21NO3. The smallest absolute Gasteiger partial charge is 0.412 e. The summed E-state index contributed by atoms with van der Waals surface area (Å²) in [6.45, 7) is 5.01. The molecule has 1 saturated heterocycles. The lowest BCUT2D eigenvalue weighted by molar-refractivity contribution is -0.0663. The first-order valence-electron chi connectivity index (χ1n) is 6.83. The lowest BCUT2D eigenvalue weighted by atomic mass is 10.2. The third-order valence-corrected chi connectivity index (χ3v) is 3.21. The fourth-order valence-corrected chi connectivity index (χ4v) is 2.23. The molecule has 0 aliphatic carbocycles. The van der Waals surface area contributed by atoms with Crippen LogP contribution in [0.1, 0.15) is 32.3 Å². The second-order valence-corrected chi connectivity index (χ2v) is 4.88. The van der Waals surface area contributed by atoms with Crippen LogP contribution in [0.15, 0.2) is 30.3 Å². The maximum atomic E-state index is 11.8. The van der Waals surface area contributed by atoms with Crippen molar-refractivity contribution in [1.29, 1.82) is 0 Å². The van der Waals surface area contributed by atoms with E-state index in [0.717, 1.165) is 18.4 Å². The minimum Gasteiger partial charge on any atom is -0.445 e. The van der Waals surface area contributed by atoms with Crippen LogP contribution in [0.3, 0.4) is 0 Å². The van der Waals surface area contributed by atoms with Gasteiger partial charge < -0.3 is 9.47 Å². The first kappa shape index (κ1) is 13.9. The van der Waals surface area contributed by atoms with Crippen molar-refractivity contribution >= 4 is 6.09 Å². The highest BCUT2D eigenvalue weighted by atomic mass is 16.6. The molecule has 2 unspecified atom stereocenters. The molecule has 0 radical (unpaired) electrons. The van der Waals surface area contributed by atoms with Crippen LogP contribution in [0.25, 0.3) is 0 Å². The number of nitrogens with zero attached hydrogens (tertiary/aromatic N) is 1. The Kier molecular flexibility index (Phi) is 4.80. The zero-order valence-corrected chi connectivity index (χ0v) is 11.5. The lowest BCUT2D eigenvalue weighted by Crippen LogP contribution is -2.37. The predicted octanol–water partition coefficient (Wildman–Crippen LogP) is 3.17. The van der Waals surface area contributed by atoms with Gasteiger partial charge in [-0.15, -0.1) is 0 Å². The van der Waals surface area contributed by atoms with E-state index in [0.29, 0.717) is 13.2 Å². The number of cyclic esters (lactones) is 1. The van der Waals surface area contributed by atoms with Crippen LogP contribution in [-0.4, -0.2) is 29.9 Å². The Morgan fingerprint density at radius 2 is 2.16 bits per heavy atom. The molecule has 1 fully saturated rings. The van der Waals surface area contributed by atoms with Crippen LogP contribution in [-0.2, 0) is 16.0 Å². The van der Waals surface area contributed by atoms with E-state index in [9.17, 15) is 4.79 Å². The average Bonchev–Trinajstić information content (AvgIpc) is 2.73. The molecule has 4 heteroatoms. The van der Waals surface area contributed by atoms with Crippen LogP contribution in [0.4, 0.5) is 4.79 Å². The van der Waals surface area contributed by atoms with Gasteiger partial charge in [-0.1, -0.05) is 43.7 Å². The van der Waals surface area contributed by atoms with Gasteiger partial charge in [-0.2, -0.15) is 0 Å². The van der Waals surface area contributed by atoms with Crippen LogP contribution in [0.5, 0.6) is 0 Å². The number of amides is 1. The molecule has 1 amide bonds. The topological polar surface area (TPSA) is 38.8 Å². The Bertz CT molecular complexity index is 407. The number of hydrogen-bond acceptors (Lipinski definition) is 3. The molecule has 104 valence electrons. The van der Waals surface area contributed by atoms with Gasteiger partial charge in [0.05, 0.1) is 12.6 Å². The molecule has 0 aromatic heterocycles. The molecule has 4 nitrogen and oxygen atoms in total. The van der Waals surface area contributed by atoms with Gasteiger partial charge >= 0.3 is 6.09 Å². The van der Waals surface area contributed by atoms with Crippen molar-refractivity contribution in [2.24, 2.45) is 0 Å². The van der Waals surface area contributed by atoms with Crippen molar-refractivity contribution in [3.63, 3.8) is 0 Å². The number of ether oxygens (including phenoxy) is 2. The summed E-state index contributed by atoms with van der Waals surface area (Å²) in [7, 11) is 0. The van der Waals surface area contributed by atoms with Gasteiger partial charge in [0, 0.05) is 0 Å². The molecule has 1 aromatic rings. The molecule has 1 aliphatic rings. The number of hydrogen-bond donors (Lipinski definition) is 0. The van der Waals surface area contributed by atoms with E-state index in [4.69, 9.17) is 9.47 Å². The molecule has 2 atom stereocenters. The summed E-state index contributed by atoms with van der Waals surface area (Å²) in [5.41, 5.74) is 1.08. The van der Waals surface area contributed by atoms with Crippen molar-refractivity contribution in [2.75, 3.05) is 6.61 Å². The van der Waals surface area contributed by atoms with E-state index in [1.54, 1.807) is 4.90 Å². The highest BCUT2D eigenvalue weighted by Crippen LogP contribution is 2.19. The number of carbonyl (C=O) groups is 1. The first-order valence-corrected chi connectivity index (χ1v) is 6.83. The highest BCUT2D eigenvalue weighted by Gasteiger charge is 2.34. The van der Waals surface area contributed by atoms with Crippen LogP contribution in [0, 0.1) is 0 Å². The monoisotopic (exact) mass is 263 g/mol. The molecule has 0 bridgehead atoms. The quantitative estimate of drug-likeness (QED) is 0.791. The third-order valence-electron chi connectivity index (χ3n) is 3.21. The Labute approximate surface area is 114 Å². The normalized spacial score (nSPS) is 20.4. The van der Waals surface area contributed by atoms with E-state index in [1.165, 1.54) is 0 Å². The van der Waals surface area contributed by atoms with E-state index in [2.05, 4.69) is 6.92 Å². The summed E-state index contributed by atoms with van der Waals surface area (Å²) in [5, 5.41) is 0. The van der Waals surface area contributed by atoms with E-state index < -0.39 is 0 Å². The average molecular weight is 263 g/mol. The summed E-state index contributed by atoms with van der Waals surface area (Å²) in [5.74, 6) is 0. The van der Waals surface area contributed by atoms with Gasteiger partial charge in [0.25, 0.3) is 0 Å². The number of carbonyl (C=O) groups excluding carboxylic acids is 1. The molecule has 1 aromatic carbocycles. The second kappa shape index (κ2) is 6.57. The SMILES string of the molecule is CCCC(C)OC1COC(=O)N1Cc1ccccc1. The first-order chi connectivity index (χ1) is 9.20. The second-order valence-electron chi connectivity index (χ2n) is 4.88. The third kappa shape index (κ3) is 3.70. The van der Waals surface area contributed by atoms with Crippen molar-refractivity contribution < 1.29 is 14.3 Å². The molecule has 1 aliphatic heterocycles. The molecule has 0 saturated carbocycles. The standard InChI is InChI=1S/C15H21NO3/c1-3-7-12(2)19-14-11-18-15(17)16(14)10-13-8-5-4-6-9-13/h4-6,8-9,12,14H,3,7,10-11H2,1-2H3. The summed E-state index contributed by atoms with van der Waals surface area (Å²) >= 11 is 0. The van der Waals surface area contributed by atoms with Gasteiger partial charge in [0.15, 0.2) is 6.23 Å². The summed E-state index contributed by atoms with van der Waals surface area (Å²) in [6, 6.07) is 9.89.